The average molecular weight is 218 g/mol. The molecule has 0 amide bonds. The number of nitroso groups, excluding NO2 is 3. The number of ether oxygens (including phenoxy) is 1. The summed E-state index contributed by atoms with van der Waals surface area (Å²) in [5.74, 6) is 0. The Morgan fingerprint density at radius 3 is 2.33 bits per heavy atom. The molecule has 0 fully saturated rings. The summed E-state index contributed by atoms with van der Waals surface area (Å²) in [5, 5.41) is 8.04. The predicted octanol–water partition coefficient (Wildman–Crippen LogP) is 0.387. The average Bonchev–Trinajstić information content (AvgIpc) is 2.24. The van der Waals surface area contributed by atoms with E-state index in [0.717, 1.165) is 0 Å². The molecule has 0 aliphatic rings. The molecule has 8 heteroatoms. The number of hydrogen-bond donors (Lipinski definition) is 1. The van der Waals surface area contributed by atoms with E-state index in [1.807, 2.05) is 0 Å². The number of nitrogens with zero attached hydrogens (tertiary/aromatic N) is 3. The third-order valence-electron chi connectivity index (χ3n) is 1.97. The minimum Gasteiger partial charge on any atom is -0.383 e. The topological polar surface area (TPSA) is 124 Å². The standard InChI is InChI=1S/C7H14N4O4/c1-15-4-5(8)7(11-14)6(10-13)2-3-9-12/h5-7H,2-4,8H2,1H3. The van der Waals surface area contributed by atoms with Gasteiger partial charge in [0.1, 0.15) is 12.1 Å². The van der Waals surface area contributed by atoms with Gasteiger partial charge in [-0.05, 0) is 6.42 Å². The SMILES string of the molecule is COCC(N)C(N=O)C(CCN=O)N=O. The van der Waals surface area contributed by atoms with E-state index in [-0.39, 0.29) is 19.6 Å². The second-order valence-electron chi connectivity index (χ2n) is 3.03. The molecule has 8 nitrogen and oxygen atoms in total. The van der Waals surface area contributed by atoms with Crippen molar-refractivity contribution in [3.05, 3.63) is 14.7 Å². The molecule has 2 N–H and O–H groups in total. The second kappa shape index (κ2) is 8.06. The lowest BCUT2D eigenvalue weighted by atomic mass is 10.00. The molecule has 3 unspecified atom stereocenters. The van der Waals surface area contributed by atoms with Gasteiger partial charge in [-0.25, -0.2) is 0 Å². The van der Waals surface area contributed by atoms with Gasteiger partial charge in [0.15, 0.2) is 0 Å². The first-order valence-corrected chi connectivity index (χ1v) is 4.39. The summed E-state index contributed by atoms with van der Waals surface area (Å²) in [5.41, 5.74) is 5.56. The van der Waals surface area contributed by atoms with Gasteiger partial charge in [-0.1, -0.05) is 15.5 Å². The Bertz CT molecular complexity index is 213. The van der Waals surface area contributed by atoms with Crippen LogP contribution in [0.1, 0.15) is 6.42 Å². The van der Waals surface area contributed by atoms with Gasteiger partial charge >= 0.3 is 0 Å². The summed E-state index contributed by atoms with van der Waals surface area (Å²) >= 11 is 0. The lowest BCUT2D eigenvalue weighted by Gasteiger charge is -2.19. The second-order valence-corrected chi connectivity index (χ2v) is 3.03. The summed E-state index contributed by atoms with van der Waals surface area (Å²) in [6.45, 7) is -0.000919. The molecule has 0 saturated carbocycles. The first-order valence-electron chi connectivity index (χ1n) is 4.39. The summed E-state index contributed by atoms with van der Waals surface area (Å²) in [4.78, 5) is 30.8. The molecule has 0 aliphatic carbocycles. The lowest BCUT2D eigenvalue weighted by molar-refractivity contribution is 0.165. The van der Waals surface area contributed by atoms with Gasteiger partial charge in [0.25, 0.3) is 0 Å². The quantitative estimate of drug-likeness (QED) is 0.560. The van der Waals surface area contributed by atoms with Gasteiger partial charge in [0.2, 0.25) is 0 Å². The summed E-state index contributed by atoms with van der Waals surface area (Å²) in [6.07, 6.45) is 0.0703. The summed E-state index contributed by atoms with van der Waals surface area (Å²) < 4.78 is 4.73. The van der Waals surface area contributed by atoms with E-state index in [2.05, 4.69) is 15.5 Å². The monoisotopic (exact) mass is 218 g/mol. The lowest BCUT2D eigenvalue weighted by Crippen LogP contribution is -2.43. The van der Waals surface area contributed by atoms with Crippen molar-refractivity contribution in [2.45, 2.75) is 24.5 Å². The van der Waals surface area contributed by atoms with Crippen LogP contribution in [-0.2, 0) is 4.74 Å². The molecule has 0 aromatic rings. The van der Waals surface area contributed by atoms with Gasteiger partial charge in [-0.2, -0.15) is 14.7 Å². The Hall–Kier alpha value is -1.28. The van der Waals surface area contributed by atoms with Crippen LogP contribution < -0.4 is 5.73 Å². The fraction of sp³-hybridized carbons (Fsp3) is 1.00. The first-order chi connectivity index (χ1) is 7.21. The van der Waals surface area contributed by atoms with Crippen LogP contribution in [0.2, 0.25) is 0 Å². The zero-order valence-corrected chi connectivity index (χ0v) is 8.41. The fourth-order valence-corrected chi connectivity index (χ4v) is 1.20. The van der Waals surface area contributed by atoms with Crippen LogP contribution >= 0.6 is 0 Å². The highest BCUT2D eigenvalue weighted by molar-refractivity contribution is 4.90. The Balaban J connectivity index is 4.37. The van der Waals surface area contributed by atoms with E-state index >= 15 is 0 Å². The first kappa shape index (κ1) is 13.7. The van der Waals surface area contributed by atoms with Crippen LogP contribution in [0.25, 0.3) is 0 Å². The summed E-state index contributed by atoms with van der Waals surface area (Å²) in [6, 6.07) is -2.61. The molecular weight excluding hydrogens is 204 g/mol. The Kier molecular flexibility index (Phi) is 7.38. The highest BCUT2D eigenvalue weighted by atomic mass is 16.5. The molecular formula is C7H14N4O4. The van der Waals surface area contributed by atoms with Crippen molar-refractivity contribution in [2.75, 3.05) is 20.3 Å². The third-order valence-corrected chi connectivity index (χ3v) is 1.97. The largest absolute Gasteiger partial charge is 0.383 e. The molecule has 3 atom stereocenters. The van der Waals surface area contributed by atoms with Crippen molar-refractivity contribution in [1.29, 1.82) is 0 Å². The molecule has 86 valence electrons. The van der Waals surface area contributed by atoms with Crippen LogP contribution in [0.15, 0.2) is 15.5 Å². The highest BCUT2D eigenvalue weighted by Gasteiger charge is 2.29. The number of rotatable bonds is 9. The molecule has 0 aromatic carbocycles. The smallest absolute Gasteiger partial charge is 0.135 e. The number of nitrogens with two attached hydrogens (primary N) is 1. The van der Waals surface area contributed by atoms with E-state index in [9.17, 15) is 14.7 Å². The third kappa shape index (κ3) is 4.66. The Morgan fingerprint density at radius 1 is 1.27 bits per heavy atom. The Labute approximate surface area is 86.5 Å². The molecule has 0 aromatic heterocycles. The van der Waals surface area contributed by atoms with E-state index in [4.69, 9.17) is 10.5 Å². The van der Waals surface area contributed by atoms with Crippen LogP contribution in [-0.4, -0.2) is 38.4 Å². The van der Waals surface area contributed by atoms with E-state index in [1.54, 1.807) is 0 Å². The van der Waals surface area contributed by atoms with Gasteiger partial charge in [0.05, 0.1) is 19.2 Å². The summed E-state index contributed by atoms with van der Waals surface area (Å²) in [7, 11) is 1.41. The van der Waals surface area contributed by atoms with Crippen molar-refractivity contribution in [1.82, 2.24) is 0 Å². The molecule has 0 bridgehead atoms. The molecule has 15 heavy (non-hydrogen) atoms. The maximum atomic E-state index is 10.5. The van der Waals surface area contributed by atoms with E-state index < -0.39 is 18.1 Å². The van der Waals surface area contributed by atoms with Crippen LogP contribution in [0.5, 0.6) is 0 Å². The molecule has 0 spiro atoms. The van der Waals surface area contributed by atoms with Crippen LogP contribution in [0, 0.1) is 14.7 Å². The van der Waals surface area contributed by atoms with Crippen LogP contribution in [0.4, 0.5) is 0 Å². The molecule has 0 heterocycles. The zero-order valence-electron chi connectivity index (χ0n) is 8.41. The molecule has 0 aliphatic heterocycles. The molecule has 0 rings (SSSR count). The predicted molar refractivity (Wildman–Crippen MR) is 54.3 cm³/mol. The molecule has 0 radical (unpaired) electrons. The van der Waals surface area contributed by atoms with Crippen molar-refractivity contribution >= 4 is 0 Å². The fourth-order valence-electron chi connectivity index (χ4n) is 1.20. The minimum absolute atomic E-state index is 0.0703. The molecule has 0 saturated heterocycles. The van der Waals surface area contributed by atoms with Crippen molar-refractivity contribution < 1.29 is 4.74 Å². The minimum atomic E-state index is -0.982. The van der Waals surface area contributed by atoms with Gasteiger partial charge < -0.3 is 10.5 Å². The highest BCUT2D eigenvalue weighted by Crippen LogP contribution is 2.11. The van der Waals surface area contributed by atoms with Gasteiger partial charge in [0, 0.05) is 7.11 Å². The van der Waals surface area contributed by atoms with E-state index in [1.165, 1.54) is 7.11 Å². The van der Waals surface area contributed by atoms with Crippen molar-refractivity contribution in [2.24, 2.45) is 21.3 Å². The van der Waals surface area contributed by atoms with Gasteiger partial charge in [-0.3, -0.25) is 0 Å². The number of hydrogen-bond acceptors (Lipinski definition) is 8. The maximum absolute atomic E-state index is 10.5. The Morgan fingerprint density at radius 2 is 1.93 bits per heavy atom. The van der Waals surface area contributed by atoms with Crippen molar-refractivity contribution in [3.8, 4) is 0 Å². The van der Waals surface area contributed by atoms with E-state index in [0.29, 0.717) is 0 Å². The van der Waals surface area contributed by atoms with Crippen LogP contribution in [0.3, 0.4) is 0 Å². The van der Waals surface area contributed by atoms with Crippen molar-refractivity contribution in [3.63, 3.8) is 0 Å². The normalized spacial score (nSPS) is 16.4. The van der Waals surface area contributed by atoms with Gasteiger partial charge in [-0.15, -0.1) is 0 Å². The number of methoxy groups -OCH3 is 1. The zero-order chi connectivity index (χ0) is 11.7. The maximum Gasteiger partial charge on any atom is 0.135 e.